The van der Waals surface area contributed by atoms with Gasteiger partial charge in [0.15, 0.2) is 6.19 Å². The van der Waals surface area contributed by atoms with Gasteiger partial charge in [0.25, 0.3) is 5.69 Å². The van der Waals surface area contributed by atoms with Crippen LogP contribution in [0.4, 0.5) is 11.4 Å². The average Bonchev–Trinajstić information content (AvgIpc) is 2.06. The molecule has 0 aromatic heterocycles. The molecule has 0 atom stereocenters. The molecule has 1 aromatic carbocycles. The monoisotopic (exact) mass is 180 g/mol. The zero-order valence-electron chi connectivity index (χ0n) is 6.68. The van der Waals surface area contributed by atoms with Gasteiger partial charge in [-0.15, -0.1) is 0 Å². The first-order valence-electron chi connectivity index (χ1n) is 3.22. The molecule has 0 saturated carbocycles. The third-order valence-corrected chi connectivity index (χ3v) is 1.13. The molecule has 0 spiro atoms. The molecule has 1 rings (SSSR count). The summed E-state index contributed by atoms with van der Waals surface area (Å²) in [4.78, 5) is 9.64. The van der Waals surface area contributed by atoms with Crippen LogP contribution in [0.2, 0.25) is 0 Å². The summed E-state index contributed by atoms with van der Waals surface area (Å²) in [7, 11) is 0. The van der Waals surface area contributed by atoms with Gasteiger partial charge in [-0.05, 0) is 6.07 Å². The Morgan fingerprint density at radius 1 is 1.46 bits per heavy atom. The highest BCUT2D eigenvalue weighted by molar-refractivity contribution is 5.57. The van der Waals surface area contributed by atoms with E-state index in [0.717, 1.165) is 0 Å². The van der Waals surface area contributed by atoms with Gasteiger partial charge in [-0.2, -0.15) is 5.26 Å². The molecule has 0 unspecified atom stereocenters. The predicted molar refractivity (Wildman–Crippen MR) is 47.3 cm³/mol. The SMILES string of the molecule is N#CN.Nc1ccccc1[N+](=O)[O-]. The normalized spacial score (nSPS) is 7.62. The molecule has 0 aliphatic heterocycles. The summed E-state index contributed by atoms with van der Waals surface area (Å²) in [6.45, 7) is 0. The molecule has 0 aliphatic rings. The Kier molecular flexibility index (Phi) is 4.43. The summed E-state index contributed by atoms with van der Waals surface area (Å²) in [6, 6.07) is 6.10. The molecule has 0 radical (unpaired) electrons. The number of nitrogens with zero attached hydrogens (tertiary/aromatic N) is 2. The third kappa shape index (κ3) is 3.57. The van der Waals surface area contributed by atoms with Crippen LogP contribution in [0.5, 0.6) is 0 Å². The fourth-order valence-electron chi connectivity index (χ4n) is 0.654. The number of rotatable bonds is 1. The van der Waals surface area contributed by atoms with E-state index in [1.54, 1.807) is 12.1 Å². The van der Waals surface area contributed by atoms with Crippen LogP contribution in [0.25, 0.3) is 0 Å². The molecule has 0 aliphatic carbocycles. The first-order chi connectivity index (χ1) is 6.13. The molecule has 0 heterocycles. The number of hydrogen-bond acceptors (Lipinski definition) is 5. The highest BCUT2D eigenvalue weighted by Gasteiger charge is 2.07. The summed E-state index contributed by atoms with van der Waals surface area (Å²) >= 11 is 0. The largest absolute Gasteiger partial charge is 0.393 e. The highest BCUT2D eigenvalue weighted by atomic mass is 16.6. The van der Waals surface area contributed by atoms with Crippen molar-refractivity contribution < 1.29 is 4.92 Å². The third-order valence-electron chi connectivity index (χ3n) is 1.13. The fraction of sp³-hybridized carbons (Fsp3) is 0. The van der Waals surface area contributed by atoms with E-state index in [0.29, 0.717) is 0 Å². The van der Waals surface area contributed by atoms with Gasteiger partial charge >= 0.3 is 0 Å². The quantitative estimate of drug-likeness (QED) is 0.215. The van der Waals surface area contributed by atoms with E-state index in [1.807, 2.05) is 0 Å². The zero-order chi connectivity index (χ0) is 10.3. The topological polar surface area (TPSA) is 119 Å². The maximum atomic E-state index is 10.1. The van der Waals surface area contributed by atoms with Crippen molar-refractivity contribution in [3.63, 3.8) is 0 Å². The molecule has 4 N–H and O–H groups in total. The van der Waals surface area contributed by atoms with Crippen molar-refractivity contribution in [2.24, 2.45) is 5.73 Å². The van der Waals surface area contributed by atoms with Gasteiger partial charge < -0.3 is 11.5 Å². The summed E-state index contributed by atoms with van der Waals surface area (Å²) < 4.78 is 0. The van der Waals surface area contributed by atoms with E-state index >= 15 is 0 Å². The minimum absolute atomic E-state index is 0.0394. The number of hydrogen-bond donors (Lipinski definition) is 2. The number of nitro groups is 1. The molecule has 0 saturated heterocycles. The van der Waals surface area contributed by atoms with Gasteiger partial charge in [0.2, 0.25) is 0 Å². The van der Waals surface area contributed by atoms with Crippen LogP contribution < -0.4 is 11.5 Å². The smallest absolute Gasteiger partial charge is 0.292 e. The minimum atomic E-state index is -0.505. The van der Waals surface area contributed by atoms with Gasteiger partial charge in [-0.3, -0.25) is 10.1 Å². The lowest BCUT2D eigenvalue weighted by Crippen LogP contribution is -1.93. The number of para-hydroxylation sites is 2. The standard InChI is InChI=1S/C6H6N2O2.CH2N2/c7-5-3-1-2-4-6(5)8(9)10;2-1-3/h1-4H,7H2;2H2. The fourth-order valence-corrected chi connectivity index (χ4v) is 0.654. The Bertz CT molecular complexity index is 332. The highest BCUT2D eigenvalue weighted by Crippen LogP contribution is 2.18. The minimum Gasteiger partial charge on any atom is -0.393 e. The van der Waals surface area contributed by atoms with Crippen LogP contribution >= 0.6 is 0 Å². The van der Waals surface area contributed by atoms with Crippen LogP contribution in [0.3, 0.4) is 0 Å². The Morgan fingerprint density at radius 3 is 2.23 bits per heavy atom. The van der Waals surface area contributed by atoms with Gasteiger partial charge in [0.1, 0.15) is 5.69 Å². The Labute approximate surface area is 74.5 Å². The van der Waals surface area contributed by atoms with Crippen molar-refractivity contribution in [1.82, 2.24) is 0 Å². The van der Waals surface area contributed by atoms with E-state index in [2.05, 4.69) is 5.73 Å². The van der Waals surface area contributed by atoms with Gasteiger partial charge in [0.05, 0.1) is 4.92 Å². The molecule has 1 aromatic rings. The Morgan fingerprint density at radius 2 is 1.92 bits per heavy atom. The van der Waals surface area contributed by atoms with Crippen molar-refractivity contribution >= 4 is 11.4 Å². The second-order valence-corrected chi connectivity index (χ2v) is 1.95. The molecular weight excluding hydrogens is 172 g/mol. The van der Waals surface area contributed by atoms with E-state index in [1.165, 1.54) is 18.3 Å². The summed E-state index contributed by atoms with van der Waals surface area (Å²) in [5, 5.41) is 17.2. The molecule has 13 heavy (non-hydrogen) atoms. The number of anilines is 1. The molecule has 0 amide bonds. The van der Waals surface area contributed by atoms with E-state index < -0.39 is 4.92 Å². The molecule has 68 valence electrons. The van der Waals surface area contributed by atoms with Crippen LogP contribution in [0, 0.1) is 21.6 Å². The van der Waals surface area contributed by atoms with Crippen molar-refractivity contribution in [2.45, 2.75) is 0 Å². The lowest BCUT2D eigenvalue weighted by molar-refractivity contribution is -0.383. The lowest BCUT2D eigenvalue weighted by atomic mass is 10.3. The maximum absolute atomic E-state index is 10.1. The second kappa shape index (κ2) is 5.37. The Hall–Kier alpha value is -2.29. The Balaban J connectivity index is 0.000000424. The van der Waals surface area contributed by atoms with Crippen LogP contribution in [0.15, 0.2) is 24.3 Å². The molecular formula is C7H8N4O2. The number of nitriles is 1. The summed E-state index contributed by atoms with van der Waals surface area (Å²) in [5.74, 6) is 0. The number of nitrogens with two attached hydrogens (primary N) is 2. The van der Waals surface area contributed by atoms with Crippen molar-refractivity contribution in [2.75, 3.05) is 5.73 Å². The van der Waals surface area contributed by atoms with Crippen molar-refractivity contribution in [3.05, 3.63) is 34.4 Å². The van der Waals surface area contributed by atoms with Crippen molar-refractivity contribution in [1.29, 1.82) is 5.26 Å². The number of benzene rings is 1. The van der Waals surface area contributed by atoms with Crippen LogP contribution in [-0.4, -0.2) is 4.92 Å². The van der Waals surface area contributed by atoms with Crippen LogP contribution in [-0.2, 0) is 0 Å². The van der Waals surface area contributed by atoms with E-state index in [-0.39, 0.29) is 11.4 Å². The number of nitrogen functional groups attached to an aromatic ring is 1. The first kappa shape index (κ1) is 10.7. The predicted octanol–water partition coefficient (Wildman–Crippen LogP) is 0.603. The summed E-state index contributed by atoms with van der Waals surface area (Å²) in [5.41, 5.74) is 9.59. The van der Waals surface area contributed by atoms with E-state index in [4.69, 9.17) is 11.0 Å². The average molecular weight is 180 g/mol. The lowest BCUT2D eigenvalue weighted by Gasteiger charge is -1.92. The number of nitro benzene ring substituents is 1. The molecule has 6 heteroatoms. The van der Waals surface area contributed by atoms with E-state index in [9.17, 15) is 10.1 Å². The van der Waals surface area contributed by atoms with Crippen LogP contribution in [0.1, 0.15) is 0 Å². The maximum Gasteiger partial charge on any atom is 0.292 e. The second-order valence-electron chi connectivity index (χ2n) is 1.95. The van der Waals surface area contributed by atoms with Crippen molar-refractivity contribution in [3.8, 4) is 6.19 Å². The zero-order valence-corrected chi connectivity index (χ0v) is 6.68. The molecule has 0 fully saturated rings. The van der Waals surface area contributed by atoms with Gasteiger partial charge in [0, 0.05) is 6.07 Å². The van der Waals surface area contributed by atoms with Gasteiger partial charge in [-0.1, -0.05) is 12.1 Å². The summed E-state index contributed by atoms with van der Waals surface area (Å²) in [6.07, 6.45) is 1.25. The molecule has 0 bridgehead atoms. The van der Waals surface area contributed by atoms with Gasteiger partial charge in [-0.25, -0.2) is 0 Å². The first-order valence-corrected chi connectivity index (χ1v) is 3.22. The molecule has 6 nitrogen and oxygen atoms in total.